The molecule has 1 fully saturated rings. The number of carbonyl (C=O) groups excluding carboxylic acids is 1. The summed E-state index contributed by atoms with van der Waals surface area (Å²) in [6.07, 6.45) is 5.54. The highest BCUT2D eigenvalue weighted by Crippen LogP contribution is 2.21. The summed E-state index contributed by atoms with van der Waals surface area (Å²) >= 11 is 1.60. The van der Waals surface area contributed by atoms with Gasteiger partial charge in [-0.3, -0.25) is 4.79 Å². The van der Waals surface area contributed by atoms with E-state index < -0.39 is 0 Å². The lowest BCUT2D eigenvalue weighted by Crippen LogP contribution is -2.25. The molecular formula is C17H19N5O2S. The van der Waals surface area contributed by atoms with Crippen LogP contribution in [0.5, 0.6) is 0 Å². The van der Waals surface area contributed by atoms with E-state index in [9.17, 15) is 4.79 Å². The van der Waals surface area contributed by atoms with Gasteiger partial charge in [-0.1, -0.05) is 6.42 Å². The van der Waals surface area contributed by atoms with Crippen LogP contribution in [0.2, 0.25) is 0 Å². The van der Waals surface area contributed by atoms with Gasteiger partial charge in [0.25, 0.3) is 0 Å². The van der Waals surface area contributed by atoms with Crippen molar-refractivity contribution in [2.45, 2.75) is 38.2 Å². The SMILES string of the molecule is O=C(CNc1ccc2nnc(-c3ccsc3)n2n1)OC1CCCCC1. The number of aromatic nitrogens is 4. The third-order valence-corrected chi connectivity index (χ3v) is 4.99. The molecule has 0 unspecified atom stereocenters. The van der Waals surface area contributed by atoms with Gasteiger partial charge in [-0.2, -0.15) is 15.9 Å². The number of fused-ring (bicyclic) bond motifs is 1. The van der Waals surface area contributed by atoms with E-state index in [0.717, 1.165) is 31.2 Å². The van der Waals surface area contributed by atoms with Crippen LogP contribution in [0.1, 0.15) is 32.1 Å². The molecule has 1 aliphatic rings. The van der Waals surface area contributed by atoms with Crippen LogP contribution in [0, 0.1) is 0 Å². The van der Waals surface area contributed by atoms with Crippen molar-refractivity contribution in [2.75, 3.05) is 11.9 Å². The Morgan fingerprint density at radius 1 is 1.24 bits per heavy atom. The fraction of sp³-hybridized carbons (Fsp3) is 0.412. The predicted octanol–water partition coefficient (Wildman–Crippen LogP) is 3.14. The summed E-state index contributed by atoms with van der Waals surface area (Å²) in [5.41, 5.74) is 1.63. The van der Waals surface area contributed by atoms with E-state index in [-0.39, 0.29) is 18.6 Å². The molecule has 1 aliphatic carbocycles. The van der Waals surface area contributed by atoms with E-state index in [1.807, 2.05) is 22.9 Å². The van der Waals surface area contributed by atoms with Gasteiger partial charge in [-0.05, 0) is 49.3 Å². The summed E-state index contributed by atoms with van der Waals surface area (Å²) in [6, 6.07) is 5.59. The highest BCUT2D eigenvalue weighted by Gasteiger charge is 2.17. The molecule has 3 heterocycles. The Labute approximate surface area is 149 Å². The van der Waals surface area contributed by atoms with E-state index >= 15 is 0 Å². The van der Waals surface area contributed by atoms with Crippen molar-refractivity contribution in [2.24, 2.45) is 0 Å². The molecule has 0 amide bonds. The first kappa shape index (κ1) is 16.0. The summed E-state index contributed by atoms with van der Waals surface area (Å²) in [4.78, 5) is 12.0. The van der Waals surface area contributed by atoms with Gasteiger partial charge in [0.15, 0.2) is 11.5 Å². The number of hydrogen-bond acceptors (Lipinski definition) is 7. The molecule has 4 rings (SSSR count). The Hall–Kier alpha value is -2.48. The fourth-order valence-corrected chi connectivity index (χ4v) is 3.66. The fourth-order valence-electron chi connectivity index (χ4n) is 3.03. The van der Waals surface area contributed by atoms with Crippen LogP contribution in [0.15, 0.2) is 29.0 Å². The number of ether oxygens (including phenoxy) is 1. The van der Waals surface area contributed by atoms with E-state index in [4.69, 9.17) is 4.74 Å². The number of hydrogen-bond donors (Lipinski definition) is 1. The quantitative estimate of drug-likeness (QED) is 0.707. The van der Waals surface area contributed by atoms with E-state index in [0.29, 0.717) is 17.3 Å². The van der Waals surface area contributed by atoms with Crippen molar-refractivity contribution in [3.63, 3.8) is 0 Å². The standard InChI is InChI=1S/C17H19N5O2S/c23-16(24-13-4-2-1-3-5-13)10-18-14-6-7-15-19-20-17(22(15)21-14)12-8-9-25-11-12/h6-9,11,13H,1-5,10H2,(H,18,21). The number of nitrogens with one attached hydrogen (secondary N) is 1. The molecule has 25 heavy (non-hydrogen) atoms. The zero-order chi connectivity index (χ0) is 17.1. The molecule has 0 aromatic carbocycles. The van der Waals surface area contributed by atoms with Crippen molar-refractivity contribution < 1.29 is 9.53 Å². The Kier molecular flexibility index (Phi) is 4.60. The van der Waals surface area contributed by atoms with Crippen molar-refractivity contribution >= 4 is 28.8 Å². The molecule has 0 spiro atoms. The molecule has 0 bridgehead atoms. The number of esters is 1. The molecule has 1 saturated carbocycles. The van der Waals surface area contributed by atoms with Crippen molar-refractivity contribution in [1.29, 1.82) is 0 Å². The molecular weight excluding hydrogens is 338 g/mol. The van der Waals surface area contributed by atoms with Crippen LogP contribution in [0.25, 0.3) is 17.0 Å². The van der Waals surface area contributed by atoms with Gasteiger partial charge in [0.1, 0.15) is 18.5 Å². The van der Waals surface area contributed by atoms with Crippen molar-refractivity contribution in [1.82, 2.24) is 19.8 Å². The smallest absolute Gasteiger partial charge is 0.325 e. The van der Waals surface area contributed by atoms with Crippen LogP contribution in [-0.2, 0) is 9.53 Å². The third kappa shape index (κ3) is 3.63. The van der Waals surface area contributed by atoms with Gasteiger partial charge in [0.2, 0.25) is 0 Å². The zero-order valence-corrected chi connectivity index (χ0v) is 14.5. The lowest BCUT2D eigenvalue weighted by atomic mass is 9.98. The molecule has 1 N–H and O–H groups in total. The molecule has 130 valence electrons. The zero-order valence-electron chi connectivity index (χ0n) is 13.7. The average Bonchev–Trinajstić information content (AvgIpc) is 3.29. The first-order valence-corrected chi connectivity index (χ1v) is 9.42. The summed E-state index contributed by atoms with van der Waals surface area (Å²) in [5, 5.41) is 19.8. The number of nitrogens with zero attached hydrogens (tertiary/aromatic N) is 4. The third-order valence-electron chi connectivity index (χ3n) is 4.31. The number of rotatable bonds is 5. The predicted molar refractivity (Wildman–Crippen MR) is 95.5 cm³/mol. The van der Waals surface area contributed by atoms with Crippen molar-refractivity contribution in [3.05, 3.63) is 29.0 Å². The van der Waals surface area contributed by atoms with Gasteiger partial charge < -0.3 is 10.1 Å². The number of carbonyl (C=O) groups is 1. The average molecular weight is 357 g/mol. The molecule has 7 nitrogen and oxygen atoms in total. The molecule has 0 radical (unpaired) electrons. The summed E-state index contributed by atoms with van der Waals surface area (Å²) in [6.45, 7) is 0.102. The molecule has 0 saturated heterocycles. The second-order valence-electron chi connectivity index (χ2n) is 6.13. The maximum Gasteiger partial charge on any atom is 0.325 e. The Morgan fingerprint density at radius 3 is 2.92 bits per heavy atom. The van der Waals surface area contributed by atoms with Crippen molar-refractivity contribution in [3.8, 4) is 11.4 Å². The summed E-state index contributed by atoms with van der Waals surface area (Å²) < 4.78 is 7.19. The molecule has 0 atom stereocenters. The van der Waals surface area contributed by atoms with Gasteiger partial charge in [0.05, 0.1) is 0 Å². The molecule has 3 aromatic heterocycles. The van der Waals surface area contributed by atoms with Crippen LogP contribution in [0.3, 0.4) is 0 Å². The Balaban J connectivity index is 1.43. The minimum Gasteiger partial charge on any atom is -0.461 e. The first-order valence-electron chi connectivity index (χ1n) is 8.48. The van der Waals surface area contributed by atoms with E-state index in [1.165, 1.54) is 6.42 Å². The maximum atomic E-state index is 12.0. The highest BCUT2D eigenvalue weighted by atomic mass is 32.1. The monoisotopic (exact) mass is 357 g/mol. The van der Waals surface area contributed by atoms with E-state index in [1.54, 1.807) is 21.9 Å². The Bertz CT molecular complexity index is 855. The summed E-state index contributed by atoms with van der Waals surface area (Å²) in [5.74, 6) is 1.03. The number of anilines is 1. The largest absolute Gasteiger partial charge is 0.461 e. The highest BCUT2D eigenvalue weighted by molar-refractivity contribution is 7.08. The summed E-state index contributed by atoms with van der Waals surface area (Å²) in [7, 11) is 0. The lowest BCUT2D eigenvalue weighted by molar-refractivity contribution is -0.148. The normalized spacial score (nSPS) is 15.4. The van der Waals surface area contributed by atoms with Gasteiger partial charge >= 0.3 is 5.97 Å². The second-order valence-corrected chi connectivity index (χ2v) is 6.91. The van der Waals surface area contributed by atoms with Gasteiger partial charge in [-0.15, -0.1) is 15.3 Å². The second kappa shape index (κ2) is 7.18. The minimum absolute atomic E-state index is 0.0709. The molecule has 3 aromatic rings. The molecule has 8 heteroatoms. The first-order chi connectivity index (χ1) is 12.3. The molecule has 0 aliphatic heterocycles. The topological polar surface area (TPSA) is 81.4 Å². The minimum atomic E-state index is -0.240. The van der Waals surface area contributed by atoms with E-state index in [2.05, 4.69) is 20.6 Å². The van der Waals surface area contributed by atoms with Crippen LogP contribution in [-0.4, -0.2) is 38.4 Å². The van der Waals surface area contributed by atoms with Crippen LogP contribution < -0.4 is 5.32 Å². The maximum absolute atomic E-state index is 12.0. The number of thiophene rings is 1. The lowest BCUT2D eigenvalue weighted by Gasteiger charge is -2.21. The van der Waals surface area contributed by atoms with Crippen LogP contribution in [0.4, 0.5) is 5.82 Å². The van der Waals surface area contributed by atoms with Gasteiger partial charge in [0, 0.05) is 10.9 Å². The Morgan fingerprint density at radius 2 is 2.12 bits per heavy atom. The van der Waals surface area contributed by atoms with Gasteiger partial charge in [-0.25, -0.2) is 0 Å². The van der Waals surface area contributed by atoms with Crippen LogP contribution >= 0.6 is 11.3 Å².